The van der Waals surface area contributed by atoms with E-state index in [4.69, 9.17) is 9.47 Å². The monoisotopic (exact) mass is 235 g/mol. The lowest BCUT2D eigenvalue weighted by molar-refractivity contribution is -0.144. The predicted molar refractivity (Wildman–Crippen MR) is 58.7 cm³/mol. The molecule has 5 heteroatoms. The lowest BCUT2D eigenvalue weighted by Crippen LogP contribution is -2.39. The van der Waals surface area contributed by atoms with Gasteiger partial charge in [-0.25, -0.2) is 4.79 Å². The van der Waals surface area contributed by atoms with Gasteiger partial charge in [-0.3, -0.25) is 5.32 Å². The molecule has 5 nitrogen and oxygen atoms in total. The van der Waals surface area contributed by atoms with Gasteiger partial charge in [-0.15, -0.1) is 0 Å². The maximum absolute atomic E-state index is 11.3. The van der Waals surface area contributed by atoms with Crippen molar-refractivity contribution >= 4 is 5.97 Å². The summed E-state index contributed by atoms with van der Waals surface area (Å²) in [7, 11) is 1.60. The number of hydrogen-bond donors (Lipinski definition) is 2. The molecule has 17 heavy (non-hydrogen) atoms. The molecule has 0 spiro atoms. The summed E-state index contributed by atoms with van der Waals surface area (Å²) >= 11 is 0. The molecule has 2 heterocycles. The molecule has 2 unspecified atom stereocenters. The van der Waals surface area contributed by atoms with Crippen molar-refractivity contribution in [1.29, 1.82) is 0 Å². The molecule has 2 aliphatic heterocycles. The number of fused-ring (bicyclic) bond motifs is 1. The number of ether oxygens (including phenoxy) is 2. The Morgan fingerprint density at radius 1 is 1.47 bits per heavy atom. The highest BCUT2D eigenvalue weighted by Crippen LogP contribution is 2.59. The Balaban J connectivity index is 1.97. The standard InChI is InChI=1S/C12H13NO4/c1-16-9-4-2-8(3-5-9)11-6-7-13-12(11,17-11)10(14)15/h2-5,13H,6-7H2,1H3,(H,14,15). The van der Waals surface area contributed by atoms with Gasteiger partial charge in [0, 0.05) is 6.54 Å². The van der Waals surface area contributed by atoms with Crippen molar-refractivity contribution in [3.63, 3.8) is 0 Å². The van der Waals surface area contributed by atoms with Gasteiger partial charge >= 0.3 is 5.97 Å². The van der Waals surface area contributed by atoms with E-state index in [0.29, 0.717) is 13.0 Å². The molecule has 2 saturated heterocycles. The molecule has 1 aromatic carbocycles. The molecule has 0 aliphatic carbocycles. The van der Waals surface area contributed by atoms with E-state index < -0.39 is 17.3 Å². The quantitative estimate of drug-likeness (QED) is 0.754. The van der Waals surface area contributed by atoms with Crippen molar-refractivity contribution in [2.75, 3.05) is 13.7 Å². The molecule has 2 atom stereocenters. The lowest BCUT2D eigenvalue weighted by atomic mass is 9.91. The number of nitrogens with one attached hydrogen (secondary N) is 1. The SMILES string of the molecule is COc1ccc(C23CCNC2(C(=O)O)O3)cc1. The Morgan fingerprint density at radius 3 is 2.71 bits per heavy atom. The van der Waals surface area contributed by atoms with Crippen molar-refractivity contribution in [2.24, 2.45) is 0 Å². The number of carboxylic acid groups (broad SMARTS) is 1. The predicted octanol–water partition coefficient (Wildman–Crippen LogP) is 0.695. The van der Waals surface area contributed by atoms with E-state index in [2.05, 4.69) is 5.32 Å². The van der Waals surface area contributed by atoms with Crippen LogP contribution in [0, 0.1) is 0 Å². The van der Waals surface area contributed by atoms with Crippen molar-refractivity contribution in [1.82, 2.24) is 5.32 Å². The molecule has 0 bridgehead atoms. The summed E-state index contributed by atoms with van der Waals surface area (Å²) in [5.74, 6) is -0.205. The van der Waals surface area contributed by atoms with E-state index in [1.165, 1.54) is 0 Å². The van der Waals surface area contributed by atoms with Crippen molar-refractivity contribution in [2.45, 2.75) is 17.7 Å². The normalized spacial score (nSPS) is 34.2. The largest absolute Gasteiger partial charge is 0.497 e. The van der Waals surface area contributed by atoms with E-state index in [0.717, 1.165) is 11.3 Å². The first-order valence-electron chi connectivity index (χ1n) is 5.48. The van der Waals surface area contributed by atoms with Gasteiger partial charge < -0.3 is 14.6 Å². The second-order valence-corrected chi connectivity index (χ2v) is 4.32. The fraction of sp³-hybridized carbons (Fsp3) is 0.417. The minimum absolute atomic E-state index is 0.651. The topological polar surface area (TPSA) is 71.1 Å². The minimum Gasteiger partial charge on any atom is -0.497 e. The molecule has 90 valence electrons. The fourth-order valence-corrected chi connectivity index (χ4v) is 2.62. The number of rotatable bonds is 3. The average molecular weight is 235 g/mol. The third-order valence-electron chi connectivity index (χ3n) is 3.56. The van der Waals surface area contributed by atoms with Crippen molar-refractivity contribution in [3.05, 3.63) is 29.8 Å². The summed E-state index contributed by atoms with van der Waals surface area (Å²) in [6, 6.07) is 7.35. The van der Waals surface area contributed by atoms with Crippen LogP contribution in [0.1, 0.15) is 12.0 Å². The summed E-state index contributed by atoms with van der Waals surface area (Å²) < 4.78 is 10.6. The Kier molecular flexibility index (Phi) is 1.99. The van der Waals surface area contributed by atoms with Gasteiger partial charge in [-0.1, -0.05) is 12.1 Å². The number of carbonyl (C=O) groups is 1. The Bertz CT molecular complexity index is 472. The van der Waals surface area contributed by atoms with Gasteiger partial charge in [0.25, 0.3) is 5.72 Å². The lowest BCUT2D eigenvalue weighted by Gasteiger charge is -2.09. The van der Waals surface area contributed by atoms with Crippen molar-refractivity contribution in [3.8, 4) is 5.75 Å². The first kappa shape index (κ1) is 10.6. The Morgan fingerprint density at radius 2 is 2.18 bits per heavy atom. The molecule has 0 aromatic heterocycles. The van der Waals surface area contributed by atoms with Crippen molar-refractivity contribution < 1.29 is 19.4 Å². The van der Waals surface area contributed by atoms with E-state index in [9.17, 15) is 9.90 Å². The zero-order valence-corrected chi connectivity index (χ0v) is 9.40. The molecule has 2 fully saturated rings. The average Bonchev–Trinajstić information content (AvgIpc) is 2.88. The maximum atomic E-state index is 11.3. The van der Waals surface area contributed by atoms with Crippen LogP contribution < -0.4 is 10.1 Å². The zero-order chi connectivity index (χ0) is 12.1. The summed E-state index contributed by atoms with van der Waals surface area (Å²) in [5.41, 5.74) is -1.04. The molecule has 0 amide bonds. The van der Waals surface area contributed by atoms with Crippen LogP contribution in [0.3, 0.4) is 0 Å². The highest BCUT2D eigenvalue weighted by atomic mass is 16.7. The zero-order valence-electron chi connectivity index (χ0n) is 9.40. The van der Waals surface area contributed by atoms with Gasteiger partial charge in [-0.05, 0) is 24.1 Å². The van der Waals surface area contributed by atoms with Crippen LogP contribution in [0.15, 0.2) is 24.3 Å². The van der Waals surface area contributed by atoms with Gasteiger partial charge in [0.1, 0.15) is 5.75 Å². The number of methoxy groups -OCH3 is 1. The highest BCUT2D eigenvalue weighted by Gasteiger charge is 2.78. The summed E-state index contributed by atoms with van der Waals surface area (Å²) in [6.07, 6.45) is 0.672. The highest BCUT2D eigenvalue weighted by molar-refractivity contribution is 5.84. The van der Waals surface area contributed by atoms with E-state index in [1.54, 1.807) is 7.11 Å². The number of aliphatic carboxylic acids is 1. The van der Waals surface area contributed by atoms with Gasteiger partial charge in [0.15, 0.2) is 5.60 Å². The van der Waals surface area contributed by atoms with E-state index >= 15 is 0 Å². The van der Waals surface area contributed by atoms with Crippen LogP contribution >= 0.6 is 0 Å². The third-order valence-corrected chi connectivity index (χ3v) is 3.56. The number of epoxide rings is 1. The first-order chi connectivity index (χ1) is 8.14. The molecule has 1 aromatic rings. The van der Waals surface area contributed by atoms with Gasteiger partial charge in [0.05, 0.1) is 7.11 Å². The minimum atomic E-state index is -1.22. The second-order valence-electron chi connectivity index (χ2n) is 4.32. The maximum Gasteiger partial charge on any atom is 0.355 e. The second kappa shape index (κ2) is 3.21. The molecular formula is C12H13NO4. The summed E-state index contributed by atoms with van der Waals surface area (Å²) in [5, 5.41) is 12.2. The first-order valence-corrected chi connectivity index (χ1v) is 5.48. The fourth-order valence-electron chi connectivity index (χ4n) is 2.62. The molecule has 2 N–H and O–H groups in total. The smallest absolute Gasteiger partial charge is 0.355 e. The van der Waals surface area contributed by atoms with E-state index in [-0.39, 0.29) is 0 Å². The van der Waals surface area contributed by atoms with Crippen LogP contribution in [0.25, 0.3) is 0 Å². The number of carboxylic acids is 1. The summed E-state index contributed by atoms with van der Waals surface area (Å²) in [6.45, 7) is 0.651. The molecule has 2 aliphatic rings. The van der Waals surface area contributed by atoms with Crippen LogP contribution in [0.2, 0.25) is 0 Å². The Hall–Kier alpha value is -1.59. The summed E-state index contributed by atoms with van der Waals surface area (Å²) in [4.78, 5) is 11.3. The molecule has 0 radical (unpaired) electrons. The number of benzene rings is 1. The molecule has 0 saturated carbocycles. The number of hydrogen-bond acceptors (Lipinski definition) is 4. The van der Waals surface area contributed by atoms with Crippen LogP contribution in [-0.4, -0.2) is 30.5 Å². The molecular weight excluding hydrogens is 222 g/mol. The van der Waals surface area contributed by atoms with Crippen LogP contribution in [-0.2, 0) is 15.1 Å². The van der Waals surface area contributed by atoms with Crippen LogP contribution in [0.5, 0.6) is 5.75 Å². The van der Waals surface area contributed by atoms with Gasteiger partial charge in [0.2, 0.25) is 0 Å². The van der Waals surface area contributed by atoms with Crippen LogP contribution in [0.4, 0.5) is 0 Å². The van der Waals surface area contributed by atoms with E-state index in [1.807, 2.05) is 24.3 Å². The Labute approximate surface area is 98.3 Å². The van der Waals surface area contributed by atoms with Gasteiger partial charge in [-0.2, -0.15) is 0 Å². The molecule has 3 rings (SSSR count). The third kappa shape index (κ3) is 1.18.